The summed E-state index contributed by atoms with van der Waals surface area (Å²) in [6.45, 7) is 0.553. The van der Waals surface area contributed by atoms with Gasteiger partial charge in [0.25, 0.3) is 7.94 Å². The Balaban J connectivity index is 1.42. The third-order valence-electron chi connectivity index (χ3n) is 7.08. The van der Waals surface area contributed by atoms with E-state index in [1.54, 1.807) is 0 Å². The van der Waals surface area contributed by atoms with Gasteiger partial charge in [0.1, 0.15) is 24.1 Å². The lowest BCUT2D eigenvalue weighted by Gasteiger charge is -2.30. The van der Waals surface area contributed by atoms with E-state index in [2.05, 4.69) is 10.3 Å². The molecule has 1 aliphatic carbocycles. The number of carbonyl (C=O) groups is 1. The van der Waals surface area contributed by atoms with Crippen LogP contribution in [0.25, 0.3) is 0 Å². The molecule has 238 valence electrons. The van der Waals surface area contributed by atoms with Gasteiger partial charge in [-0.1, -0.05) is 30.3 Å². The standard InChI is InChI=1S/C24H34N4O13P2/c1-13(29)26-16-9-15(10-17(16)38-11-14-5-3-2-4-6-14)23(42(33,34)35)41-43(36,37)39-12-18-20(30)21(31)22(40-18)28-8-7-19(25)27-24(28)32/h2-8,15-18,20-23,30-31H,9-12H2,1H3,(H,26,29)(H,36,37)(H2,25,27,32)(H2,33,34,35)/t15-,16+,17+,18+,20+,21+,22+,23?/m0/s1. The number of aromatic nitrogens is 2. The van der Waals surface area contributed by atoms with Crippen LogP contribution in [0.5, 0.6) is 0 Å². The first-order chi connectivity index (χ1) is 20.1. The number of nitrogens with one attached hydrogen (secondary N) is 1. The fraction of sp³-hybridized carbons (Fsp3) is 0.542. The van der Waals surface area contributed by atoms with E-state index in [0.29, 0.717) is 0 Å². The summed E-state index contributed by atoms with van der Waals surface area (Å²) in [5.74, 6) is -3.65. The summed E-state index contributed by atoms with van der Waals surface area (Å²) in [6, 6.07) is 9.66. The molecule has 4 rings (SSSR count). The predicted molar refractivity (Wildman–Crippen MR) is 146 cm³/mol. The molecule has 43 heavy (non-hydrogen) atoms. The first-order valence-electron chi connectivity index (χ1n) is 13.1. The third-order valence-corrected chi connectivity index (χ3v) is 9.40. The van der Waals surface area contributed by atoms with Crippen molar-refractivity contribution in [1.29, 1.82) is 0 Å². The molecule has 0 radical (unpaired) electrons. The van der Waals surface area contributed by atoms with Crippen LogP contribution in [0, 0.1) is 5.92 Å². The fourth-order valence-corrected chi connectivity index (χ4v) is 7.60. The summed E-state index contributed by atoms with van der Waals surface area (Å²) in [7, 11) is -10.4. The maximum Gasteiger partial charge on any atom is 0.475 e. The van der Waals surface area contributed by atoms with E-state index in [9.17, 15) is 43.9 Å². The highest BCUT2D eigenvalue weighted by molar-refractivity contribution is 7.58. The average molecular weight is 648 g/mol. The van der Waals surface area contributed by atoms with Gasteiger partial charge in [0.05, 0.1) is 25.4 Å². The van der Waals surface area contributed by atoms with E-state index < -0.39 is 82.4 Å². The van der Waals surface area contributed by atoms with Crippen molar-refractivity contribution in [2.45, 2.75) is 68.9 Å². The van der Waals surface area contributed by atoms with Gasteiger partial charge in [-0.25, -0.2) is 23.7 Å². The SMILES string of the molecule is CC(=O)N[C@@H]1C[C@H](C(OP(=O)(O)OC[C@H]2O[C@@H](n3ccc(N)nc3=O)[C@H](O)[C@@H]2O)[P+]([O-])(O)O)C[C@H]1OCc1ccccc1. The smallest absolute Gasteiger partial charge is 0.475 e. The minimum Gasteiger partial charge on any atom is -0.630 e. The Hall–Kier alpha value is -2.37. The van der Waals surface area contributed by atoms with Gasteiger partial charge in [-0.3, -0.25) is 13.9 Å². The maximum atomic E-state index is 12.9. The third kappa shape index (κ3) is 8.63. The number of phosphoric ester groups is 1. The molecule has 2 unspecified atom stereocenters. The van der Waals surface area contributed by atoms with E-state index in [1.807, 2.05) is 30.3 Å². The highest BCUT2D eigenvalue weighted by atomic mass is 31.2. The van der Waals surface area contributed by atoms with Crippen LogP contribution < -0.4 is 21.6 Å². The van der Waals surface area contributed by atoms with Crippen molar-refractivity contribution < 1.29 is 57.7 Å². The van der Waals surface area contributed by atoms with E-state index in [4.69, 9.17) is 24.3 Å². The highest BCUT2D eigenvalue weighted by Gasteiger charge is 2.52. The summed E-state index contributed by atoms with van der Waals surface area (Å²) in [4.78, 5) is 70.4. The number of nitrogens with zero attached hydrogens (tertiary/aromatic N) is 2. The predicted octanol–water partition coefficient (Wildman–Crippen LogP) is -1.49. The van der Waals surface area contributed by atoms with Crippen LogP contribution >= 0.6 is 15.8 Å². The Bertz CT molecular complexity index is 1360. The highest BCUT2D eigenvalue weighted by Crippen LogP contribution is 2.60. The van der Waals surface area contributed by atoms with Crippen LogP contribution in [0.4, 0.5) is 5.82 Å². The van der Waals surface area contributed by atoms with Crippen LogP contribution in [-0.4, -0.2) is 83.3 Å². The van der Waals surface area contributed by atoms with Crippen LogP contribution in [0.1, 0.15) is 31.6 Å². The normalized spacial score (nSPS) is 29.7. The molecule has 0 bridgehead atoms. The van der Waals surface area contributed by atoms with Gasteiger partial charge in [-0.15, -0.1) is 0 Å². The van der Waals surface area contributed by atoms with Gasteiger partial charge in [0, 0.05) is 19.0 Å². The second-order valence-corrected chi connectivity index (χ2v) is 13.4. The second-order valence-electron chi connectivity index (χ2n) is 10.3. The fourth-order valence-electron chi connectivity index (χ4n) is 5.12. The van der Waals surface area contributed by atoms with Crippen molar-refractivity contribution >= 4 is 27.5 Å². The number of nitrogens with two attached hydrogens (primary N) is 1. The molecule has 0 spiro atoms. The zero-order valence-corrected chi connectivity index (χ0v) is 24.6. The quantitative estimate of drug-likeness (QED) is 0.129. The zero-order chi connectivity index (χ0) is 31.5. The molecule has 2 aromatic rings. The zero-order valence-electron chi connectivity index (χ0n) is 22.9. The monoisotopic (exact) mass is 648 g/mol. The minimum atomic E-state index is -5.22. The molecule has 2 heterocycles. The molecule has 9 atom stereocenters. The van der Waals surface area contributed by atoms with Crippen LogP contribution in [0.15, 0.2) is 47.4 Å². The lowest BCUT2D eigenvalue weighted by atomic mass is 10.1. The maximum absolute atomic E-state index is 12.9. The number of aliphatic hydroxyl groups excluding tert-OH is 2. The molecule has 1 saturated carbocycles. The van der Waals surface area contributed by atoms with E-state index >= 15 is 0 Å². The number of benzene rings is 1. The molecule has 2 aliphatic rings. The molecule has 1 saturated heterocycles. The molecule has 2 fully saturated rings. The van der Waals surface area contributed by atoms with Crippen molar-refractivity contribution in [3.63, 3.8) is 0 Å². The molecule has 1 amide bonds. The van der Waals surface area contributed by atoms with Gasteiger partial charge >= 0.3 is 13.5 Å². The first kappa shape index (κ1) is 33.5. The second kappa shape index (κ2) is 13.7. The number of rotatable bonds is 12. The molecular formula is C24H34N4O13P2. The largest absolute Gasteiger partial charge is 0.630 e. The topological polar surface area (TPSA) is 268 Å². The van der Waals surface area contributed by atoms with E-state index in [1.165, 1.54) is 19.2 Å². The number of aliphatic hydroxyl groups is 2. The first-order valence-corrected chi connectivity index (χ1v) is 16.3. The van der Waals surface area contributed by atoms with Crippen LogP contribution in [0.2, 0.25) is 0 Å². The molecular weight excluding hydrogens is 614 g/mol. The Morgan fingerprint density at radius 3 is 2.58 bits per heavy atom. The lowest BCUT2D eigenvalue weighted by molar-refractivity contribution is -0.219. The van der Waals surface area contributed by atoms with Gasteiger partial charge in [-0.2, -0.15) is 4.98 Å². The summed E-state index contributed by atoms with van der Waals surface area (Å²) >= 11 is 0. The Morgan fingerprint density at radius 1 is 1.26 bits per heavy atom. The van der Waals surface area contributed by atoms with E-state index in [-0.39, 0.29) is 25.3 Å². The number of amides is 1. The number of hydrogen-bond acceptors (Lipinski definition) is 14. The van der Waals surface area contributed by atoms with Crippen molar-refractivity contribution in [3.8, 4) is 0 Å². The molecule has 1 aromatic heterocycles. The van der Waals surface area contributed by atoms with Crippen molar-refractivity contribution in [2.24, 2.45) is 5.92 Å². The molecule has 17 nitrogen and oxygen atoms in total. The number of phosphoric acid groups is 1. The molecule has 8 N–H and O–H groups in total. The Morgan fingerprint density at radius 2 is 1.95 bits per heavy atom. The molecule has 1 aromatic carbocycles. The van der Waals surface area contributed by atoms with Crippen molar-refractivity contribution in [3.05, 3.63) is 58.6 Å². The number of carbonyl (C=O) groups excluding carboxylic acids is 1. The number of hydrogen-bond donors (Lipinski definition) is 7. The van der Waals surface area contributed by atoms with Gasteiger partial charge < -0.3 is 40.5 Å². The van der Waals surface area contributed by atoms with Gasteiger partial charge in [-0.05, 0) is 24.5 Å². The summed E-state index contributed by atoms with van der Waals surface area (Å²) in [6.07, 6.45) is -5.85. The van der Waals surface area contributed by atoms with Crippen LogP contribution in [-0.2, 0) is 34.5 Å². The van der Waals surface area contributed by atoms with Crippen molar-refractivity contribution in [1.82, 2.24) is 14.9 Å². The molecule has 1 aliphatic heterocycles. The number of nitrogen functional groups attached to an aromatic ring is 1. The molecule has 19 heteroatoms. The summed E-state index contributed by atoms with van der Waals surface area (Å²) in [5.41, 5.74) is 5.38. The summed E-state index contributed by atoms with van der Waals surface area (Å²) < 4.78 is 35.0. The van der Waals surface area contributed by atoms with Crippen LogP contribution in [0.3, 0.4) is 0 Å². The van der Waals surface area contributed by atoms with Gasteiger partial charge in [0.15, 0.2) is 6.23 Å². The number of anilines is 1. The lowest BCUT2D eigenvalue weighted by Crippen LogP contribution is -2.40. The number of ether oxygens (including phenoxy) is 2. The Kier molecular flexibility index (Phi) is 10.7. The average Bonchev–Trinajstić information content (AvgIpc) is 3.44. The minimum absolute atomic E-state index is 0.0315. The Labute approximate surface area is 246 Å². The van der Waals surface area contributed by atoms with E-state index in [0.717, 1.165) is 10.1 Å². The van der Waals surface area contributed by atoms with Gasteiger partial charge in [0.2, 0.25) is 11.8 Å². The van der Waals surface area contributed by atoms with Crippen molar-refractivity contribution in [2.75, 3.05) is 12.3 Å². The summed E-state index contributed by atoms with van der Waals surface area (Å²) in [5, 5.41) is 23.4.